The number of benzene rings is 1. The first kappa shape index (κ1) is 17.2. The summed E-state index contributed by atoms with van der Waals surface area (Å²) in [6.07, 6.45) is -1.22. The van der Waals surface area contributed by atoms with Crippen LogP contribution in [0.4, 0.5) is 9.18 Å². The minimum absolute atomic E-state index is 0.0622. The molecule has 1 amide bonds. The fraction of sp³-hybridized carbons (Fsp3) is 0.529. The quantitative estimate of drug-likeness (QED) is 0.922. The lowest BCUT2D eigenvalue weighted by atomic mass is 9.95. The number of nitrogens with zero attached hydrogens (tertiary/aromatic N) is 1. The van der Waals surface area contributed by atoms with E-state index in [2.05, 4.69) is 0 Å². The van der Waals surface area contributed by atoms with E-state index < -0.39 is 23.8 Å². The normalized spacial score (nSPS) is 19.5. The summed E-state index contributed by atoms with van der Waals surface area (Å²) < 4.78 is 20.0. The van der Waals surface area contributed by atoms with Crippen molar-refractivity contribution in [2.45, 2.75) is 39.0 Å². The molecule has 1 saturated heterocycles. The molecule has 126 valence electrons. The van der Waals surface area contributed by atoms with Gasteiger partial charge >= 0.3 is 12.1 Å². The van der Waals surface area contributed by atoms with Crippen molar-refractivity contribution in [2.75, 3.05) is 13.1 Å². The molecule has 1 aromatic rings. The highest BCUT2D eigenvalue weighted by molar-refractivity contribution is 5.87. The molecule has 1 fully saturated rings. The largest absolute Gasteiger partial charge is 0.478 e. The van der Waals surface area contributed by atoms with Gasteiger partial charge in [0, 0.05) is 19.0 Å². The van der Waals surface area contributed by atoms with E-state index >= 15 is 0 Å². The zero-order valence-electron chi connectivity index (χ0n) is 13.6. The Morgan fingerprint density at radius 2 is 2.09 bits per heavy atom. The Labute approximate surface area is 135 Å². The van der Waals surface area contributed by atoms with Gasteiger partial charge in [0.1, 0.15) is 11.8 Å². The molecule has 0 aromatic heterocycles. The summed E-state index contributed by atoms with van der Waals surface area (Å²) in [6, 6.07) is 5.89. The second kappa shape index (κ2) is 6.56. The summed E-state index contributed by atoms with van der Waals surface area (Å²) in [5, 5.41) is 8.99. The van der Waals surface area contributed by atoms with E-state index in [0.717, 1.165) is 0 Å². The standard InChI is InChI=1S/C17H22FNO4/c1-17(2,3)23-16(22)19-8-7-13(10-19)14(18)11-5-4-6-12(9-11)15(20)21/h4-6,9,13-14H,7-8,10H2,1-3H3,(H,20,21). The highest BCUT2D eigenvalue weighted by atomic mass is 19.1. The van der Waals surface area contributed by atoms with Gasteiger partial charge in [0.05, 0.1) is 5.56 Å². The van der Waals surface area contributed by atoms with Crippen LogP contribution < -0.4 is 0 Å². The van der Waals surface area contributed by atoms with E-state index in [-0.39, 0.29) is 18.0 Å². The van der Waals surface area contributed by atoms with Crippen molar-refractivity contribution >= 4 is 12.1 Å². The first-order valence-electron chi connectivity index (χ1n) is 7.62. The van der Waals surface area contributed by atoms with Gasteiger partial charge in [-0.25, -0.2) is 14.0 Å². The average Bonchev–Trinajstić information content (AvgIpc) is 2.94. The van der Waals surface area contributed by atoms with Gasteiger partial charge in [-0.1, -0.05) is 12.1 Å². The number of ether oxygens (including phenoxy) is 1. The Hall–Kier alpha value is -2.11. The lowest BCUT2D eigenvalue weighted by Gasteiger charge is -2.24. The smallest absolute Gasteiger partial charge is 0.410 e. The molecule has 2 unspecified atom stereocenters. The van der Waals surface area contributed by atoms with Crippen LogP contribution in [-0.4, -0.2) is 40.8 Å². The number of aromatic carboxylic acids is 1. The number of alkyl halides is 1. The maximum absolute atomic E-state index is 14.7. The Morgan fingerprint density at radius 1 is 1.39 bits per heavy atom. The van der Waals surface area contributed by atoms with Crippen molar-refractivity contribution in [2.24, 2.45) is 5.92 Å². The molecule has 0 radical (unpaired) electrons. The van der Waals surface area contributed by atoms with Crippen LogP contribution in [0, 0.1) is 5.92 Å². The third-order valence-electron chi connectivity index (χ3n) is 3.74. The van der Waals surface area contributed by atoms with Crippen LogP contribution in [0.15, 0.2) is 24.3 Å². The topological polar surface area (TPSA) is 66.8 Å². The molecule has 23 heavy (non-hydrogen) atoms. The third kappa shape index (κ3) is 4.43. The molecule has 0 aliphatic carbocycles. The van der Waals surface area contributed by atoms with Gasteiger partial charge in [-0.15, -0.1) is 0 Å². The Balaban J connectivity index is 2.02. The number of likely N-dealkylation sites (tertiary alicyclic amines) is 1. The molecule has 0 bridgehead atoms. The van der Waals surface area contributed by atoms with Crippen molar-refractivity contribution < 1.29 is 23.8 Å². The highest BCUT2D eigenvalue weighted by Crippen LogP contribution is 2.34. The lowest BCUT2D eigenvalue weighted by Crippen LogP contribution is -2.35. The fourth-order valence-electron chi connectivity index (χ4n) is 2.63. The van der Waals surface area contributed by atoms with Gasteiger partial charge in [0.25, 0.3) is 0 Å². The molecule has 1 aliphatic heterocycles. The average molecular weight is 323 g/mol. The minimum atomic E-state index is -1.30. The number of carboxylic acid groups (broad SMARTS) is 1. The summed E-state index contributed by atoms with van der Waals surface area (Å²) in [5.74, 6) is -1.44. The molecule has 0 spiro atoms. The van der Waals surface area contributed by atoms with E-state index in [1.165, 1.54) is 23.1 Å². The van der Waals surface area contributed by atoms with Crippen molar-refractivity contribution in [3.63, 3.8) is 0 Å². The molecule has 1 N–H and O–H groups in total. The first-order valence-corrected chi connectivity index (χ1v) is 7.62. The van der Waals surface area contributed by atoms with Crippen molar-refractivity contribution in [1.29, 1.82) is 0 Å². The number of carbonyl (C=O) groups is 2. The lowest BCUT2D eigenvalue weighted by molar-refractivity contribution is 0.0281. The molecule has 0 saturated carbocycles. The van der Waals surface area contributed by atoms with Gasteiger partial charge in [0.15, 0.2) is 0 Å². The number of carboxylic acids is 1. The summed E-state index contributed by atoms with van der Waals surface area (Å²) >= 11 is 0. The van der Waals surface area contributed by atoms with Gasteiger partial charge in [0.2, 0.25) is 0 Å². The second-order valence-electron chi connectivity index (χ2n) is 6.81. The van der Waals surface area contributed by atoms with E-state index in [4.69, 9.17) is 9.84 Å². The second-order valence-corrected chi connectivity index (χ2v) is 6.81. The van der Waals surface area contributed by atoms with Crippen molar-refractivity contribution in [1.82, 2.24) is 4.90 Å². The maximum Gasteiger partial charge on any atom is 0.410 e. The van der Waals surface area contributed by atoms with Crippen LogP contribution in [0.25, 0.3) is 0 Å². The molecule has 2 rings (SSSR count). The Bertz CT molecular complexity index is 597. The van der Waals surface area contributed by atoms with Gasteiger partial charge in [-0.3, -0.25) is 0 Å². The minimum Gasteiger partial charge on any atom is -0.478 e. The zero-order valence-corrected chi connectivity index (χ0v) is 13.6. The maximum atomic E-state index is 14.7. The van der Waals surface area contributed by atoms with E-state index in [9.17, 15) is 14.0 Å². The summed E-state index contributed by atoms with van der Waals surface area (Å²) in [6.45, 7) is 6.07. The summed E-state index contributed by atoms with van der Waals surface area (Å²) in [7, 11) is 0. The summed E-state index contributed by atoms with van der Waals surface area (Å²) in [4.78, 5) is 24.5. The van der Waals surface area contributed by atoms with Crippen molar-refractivity contribution in [3.8, 4) is 0 Å². The highest BCUT2D eigenvalue weighted by Gasteiger charge is 2.35. The molecular weight excluding hydrogens is 301 g/mol. The molecule has 5 nitrogen and oxygen atoms in total. The zero-order chi connectivity index (χ0) is 17.2. The monoisotopic (exact) mass is 323 g/mol. The van der Waals surface area contributed by atoms with E-state index in [1.807, 2.05) is 0 Å². The first-order chi connectivity index (χ1) is 10.7. The van der Waals surface area contributed by atoms with Crippen LogP contribution >= 0.6 is 0 Å². The van der Waals surface area contributed by atoms with Crippen LogP contribution in [0.2, 0.25) is 0 Å². The van der Waals surface area contributed by atoms with Crippen LogP contribution in [0.1, 0.15) is 49.3 Å². The van der Waals surface area contributed by atoms with E-state index in [0.29, 0.717) is 18.5 Å². The van der Waals surface area contributed by atoms with Crippen LogP contribution in [0.3, 0.4) is 0 Å². The van der Waals surface area contributed by atoms with Crippen LogP contribution in [-0.2, 0) is 4.74 Å². The molecule has 1 heterocycles. The van der Waals surface area contributed by atoms with Gasteiger partial charge in [-0.05, 0) is 44.9 Å². The number of carbonyl (C=O) groups excluding carboxylic acids is 1. The summed E-state index contributed by atoms with van der Waals surface area (Å²) in [5.41, 5.74) is -0.187. The number of hydrogen-bond acceptors (Lipinski definition) is 3. The number of rotatable bonds is 3. The number of amides is 1. The molecule has 2 atom stereocenters. The predicted octanol–water partition coefficient (Wildman–Crippen LogP) is 3.65. The van der Waals surface area contributed by atoms with Crippen LogP contribution in [0.5, 0.6) is 0 Å². The van der Waals surface area contributed by atoms with Gasteiger partial charge < -0.3 is 14.7 Å². The number of halogens is 1. The molecule has 6 heteroatoms. The van der Waals surface area contributed by atoms with E-state index in [1.54, 1.807) is 26.8 Å². The molecule has 1 aliphatic rings. The Morgan fingerprint density at radius 3 is 2.70 bits per heavy atom. The van der Waals surface area contributed by atoms with Gasteiger partial charge in [-0.2, -0.15) is 0 Å². The molecular formula is C17H22FNO4. The molecule has 1 aromatic carbocycles. The predicted molar refractivity (Wildman–Crippen MR) is 83.2 cm³/mol. The SMILES string of the molecule is CC(C)(C)OC(=O)N1CCC(C(F)c2cccc(C(=O)O)c2)C1. The fourth-order valence-corrected chi connectivity index (χ4v) is 2.63. The van der Waals surface area contributed by atoms with Crippen molar-refractivity contribution in [3.05, 3.63) is 35.4 Å². The Kier molecular flexibility index (Phi) is 4.92. The third-order valence-corrected chi connectivity index (χ3v) is 3.74. The number of hydrogen-bond donors (Lipinski definition) is 1.